The second kappa shape index (κ2) is 17.5. The zero-order chi connectivity index (χ0) is 34.5. The number of nitrogens with two attached hydrogens (primary N) is 1. The Morgan fingerprint density at radius 2 is 1.77 bits per heavy atom. The minimum atomic E-state index is -1.16. The second-order valence-electron chi connectivity index (χ2n) is 11.5. The summed E-state index contributed by atoms with van der Waals surface area (Å²) in [5.74, 6) is -4.67. The van der Waals surface area contributed by atoms with Gasteiger partial charge in [-0.2, -0.15) is 0 Å². The predicted molar refractivity (Wildman–Crippen MR) is 169 cm³/mol. The molecule has 2 atom stereocenters. The molecular weight excluding hydrogens is 614 g/mol. The molecule has 1 aliphatic carbocycles. The highest BCUT2D eigenvalue weighted by molar-refractivity contribution is 6.01. The number of nitrogens with one attached hydrogen (secondary N) is 3. The van der Waals surface area contributed by atoms with Crippen molar-refractivity contribution in [1.29, 1.82) is 0 Å². The third-order valence-electron chi connectivity index (χ3n) is 8.15. The quantitative estimate of drug-likeness (QED) is 0.0827. The predicted octanol–water partition coefficient (Wildman–Crippen LogP) is 2.57. The van der Waals surface area contributed by atoms with Gasteiger partial charge in [-0.1, -0.05) is 31.4 Å². The number of benzene rings is 2. The lowest BCUT2D eigenvalue weighted by molar-refractivity contribution is -0.386. The summed E-state index contributed by atoms with van der Waals surface area (Å²) in [6.45, 7) is 1.06. The number of amides is 4. The fourth-order valence-corrected chi connectivity index (χ4v) is 5.57. The van der Waals surface area contributed by atoms with Gasteiger partial charge < -0.3 is 36.6 Å². The van der Waals surface area contributed by atoms with Crippen molar-refractivity contribution in [2.45, 2.75) is 64.3 Å². The van der Waals surface area contributed by atoms with Gasteiger partial charge in [0.1, 0.15) is 17.4 Å². The molecule has 0 aromatic heterocycles. The molecule has 0 radical (unpaired) electrons. The molecule has 3 rings (SSSR count). The Morgan fingerprint density at radius 1 is 1.04 bits per heavy atom. The summed E-state index contributed by atoms with van der Waals surface area (Å²) >= 11 is 0. The largest absolute Gasteiger partial charge is 0.502 e. The van der Waals surface area contributed by atoms with Crippen molar-refractivity contribution in [3.05, 3.63) is 63.2 Å². The summed E-state index contributed by atoms with van der Waals surface area (Å²) in [4.78, 5) is 72.9. The normalized spacial score (nSPS) is 14.3. The molecule has 15 nitrogen and oxygen atoms in total. The number of ether oxygens (including phenoxy) is 1. The number of carbonyl (C=O) groups is 5. The number of aliphatic carboxylic acids is 1. The molecule has 2 aromatic carbocycles. The van der Waals surface area contributed by atoms with E-state index in [9.17, 15) is 39.2 Å². The van der Waals surface area contributed by atoms with Gasteiger partial charge in [0.15, 0.2) is 12.4 Å². The van der Waals surface area contributed by atoms with Crippen molar-refractivity contribution in [3.63, 3.8) is 0 Å². The van der Waals surface area contributed by atoms with Crippen LogP contribution in [0.25, 0.3) is 0 Å². The van der Waals surface area contributed by atoms with Gasteiger partial charge in [-0.05, 0) is 74.8 Å². The number of hydrogen-bond donors (Lipinski definition) is 6. The lowest BCUT2D eigenvalue weighted by atomic mass is 9.79. The Balaban J connectivity index is 1.66. The summed E-state index contributed by atoms with van der Waals surface area (Å²) in [6, 6.07) is 7.39. The van der Waals surface area contributed by atoms with Crippen LogP contribution >= 0.6 is 0 Å². The number of phenols is 1. The molecular formula is C32H41N5O10. The topological polar surface area (TPSA) is 240 Å². The maximum Gasteiger partial charge on any atom is 0.341 e. The molecule has 0 bridgehead atoms. The van der Waals surface area contributed by atoms with Gasteiger partial charge in [-0.3, -0.25) is 29.3 Å². The van der Waals surface area contributed by atoms with Gasteiger partial charge in [0.2, 0.25) is 11.8 Å². The fourth-order valence-electron chi connectivity index (χ4n) is 5.57. The first-order valence-electron chi connectivity index (χ1n) is 15.5. The van der Waals surface area contributed by atoms with Crippen LogP contribution in [0.1, 0.15) is 77.6 Å². The number of nitro groups is 1. The van der Waals surface area contributed by atoms with E-state index in [-0.39, 0.29) is 42.3 Å². The van der Waals surface area contributed by atoms with Crippen molar-refractivity contribution in [2.24, 2.45) is 17.6 Å². The van der Waals surface area contributed by atoms with Crippen LogP contribution in [-0.2, 0) is 14.4 Å². The minimum Gasteiger partial charge on any atom is -0.502 e. The van der Waals surface area contributed by atoms with Gasteiger partial charge in [-0.15, -0.1) is 0 Å². The van der Waals surface area contributed by atoms with Crippen LogP contribution in [0.4, 0.5) is 5.69 Å². The number of rotatable bonds is 17. The molecule has 0 heterocycles. The molecule has 0 saturated heterocycles. The second-order valence-corrected chi connectivity index (χ2v) is 11.5. The van der Waals surface area contributed by atoms with Gasteiger partial charge in [0.25, 0.3) is 11.8 Å². The Bertz CT molecular complexity index is 1470. The first-order chi connectivity index (χ1) is 22.4. The van der Waals surface area contributed by atoms with E-state index in [4.69, 9.17) is 15.6 Å². The molecule has 15 heteroatoms. The average molecular weight is 656 g/mol. The van der Waals surface area contributed by atoms with E-state index in [0.717, 1.165) is 32.1 Å². The summed E-state index contributed by atoms with van der Waals surface area (Å²) in [5, 5.41) is 38.7. The maximum absolute atomic E-state index is 13.4. The number of carbonyl (C=O) groups excluding carboxylic acids is 4. The molecule has 2 aromatic rings. The zero-order valence-electron chi connectivity index (χ0n) is 26.2. The molecule has 0 aliphatic heterocycles. The standard InChI is InChI=1S/C32H41N5O10/c1-19-13-14-23(27(28(19)40)37(45)46)31(43)36-25(32(44)35-17-24(29(33)41)20-8-3-2-4-9-20)12-5-6-15-34-30(42)21-10-7-11-22(16-21)47-18-26(38)39/h7,10-11,13-14,16,20,24-25,40H,2-6,8-9,12,15,17-18H2,1H3,(H2,33,41)(H,34,42)(H,35,44)(H,36,43)(H,38,39)/t24?,25-/m0/s1. The molecule has 4 amide bonds. The molecule has 1 unspecified atom stereocenters. The fraction of sp³-hybridized carbons (Fsp3) is 0.469. The number of unbranched alkanes of at least 4 members (excludes halogenated alkanes) is 1. The molecule has 254 valence electrons. The Hall–Kier alpha value is -5.21. The number of aryl methyl sites for hydroxylation is 1. The van der Waals surface area contributed by atoms with Crippen LogP contribution in [0, 0.1) is 28.9 Å². The van der Waals surface area contributed by atoms with E-state index in [0.29, 0.717) is 12.8 Å². The maximum atomic E-state index is 13.4. The van der Waals surface area contributed by atoms with E-state index >= 15 is 0 Å². The average Bonchev–Trinajstić information content (AvgIpc) is 3.04. The lowest BCUT2D eigenvalue weighted by Crippen LogP contribution is -2.49. The first-order valence-corrected chi connectivity index (χ1v) is 15.5. The van der Waals surface area contributed by atoms with E-state index in [1.807, 2.05) is 0 Å². The van der Waals surface area contributed by atoms with Gasteiger partial charge >= 0.3 is 11.7 Å². The first kappa shape index (κ1) is 36.3. The monoisotopic (exact) mass is 655 g/mol. The van der Waals surface area contributed by atoms with E-state index in [1.54, 1.807) is 6.07 Å². The number of carboxylic acid groups (broad SMARTS) is 1. The molecule has 1 aliphatic rings. The van der Waals surface area contributed by atoms with Gasteiger partial charge in [0.05, 0.1) is 10.8 Å². The van der Waals surface area contributed by atoms with Crippen LogP contribution in [0.2, 0.25) is 0 Å². The van der Waals surface area contributed by atoms with Gasteiger partial charge in [0, 0.05) is 18.7 Å². The van der Waals surface area contributed by atoms with Crippen LogP contribution in [0.5, 0.6) is 11.5 Å². The number of hydrogen-bond acceptors (Lipinski definition) is 9. The Labute approximate surface area is 271 Å². The minimum absolute atomic E-state index is 0.0258. The zero-order valence-corrected chi connectivity index (χ0v) is 26.2. The molecule has 0 spiro atoms. The lowest BCUT2D eigenvalue weighted by Gasteiger charge is -2.29. The van der Waals surface area contributed by atoms with E-state index in [1.165, 1.54) is 37.3 Å². The third-order valence-corrected chi connectivity index (χ3v) is 8.15. The molecule has 7 N–H and O–H groups in total. The van der Waals surface area contributed by atoms with Crippen LogP contribution in [-0.4, -0.2) is 70.5 Å². The van der Waals surface area contributed by atoms with Crippen molar-refractivity contribution in [2.75, 3.05) is 19.7 Å². The smallest absolute Gasteiger partial charge is 0.341 e. The highest BCUT2D eigenvalue weighted by Crippen LogP contribution is 2.33. The number of nitro benzene ring substituents is 1. The van der Waals surface area contributed by atoms with E-state index in [2.05, 4.69) is 16.0 Å². The van der Waals surface area contributed by atoms with E-state index < -0.39 is 70.1 Å². The van der Waals surface area contributed by atoms with Crippen molar-refractivity contribution >= 4 is 35.3 Å². The molecule has 1 saturated carbocycles. The number of phenolic OH excluding ortho intramolecular Hbond substituents is 1. The molecule has 1 fully saturated rings. The number of carboxylic acids is 1. The van der Waals surface area contributed by atoms with Crippen molar-refractivity contribution < 1.29 is 43.8 Å². The van der Waals surface area contributed by atoms with Crippen LogP contribution < -0.4 is 26.4 Å². The summed E-state index contributed by atoms with van der Waals surface area (Å²) in [7, 11) is 0. The summed E-state index contributed by atoms with van der Waals surface area (Å²) < 4.78 is 5.10. The SMILES string of the molecule is Cc1ccc(C(=O)N[C@@H](CCCCNC(=O)c2cccc(OCC(=O)O)c2)C(=O)NCC(C(N)=O)C2CCCCC2)c([N+](=O)[O-])c1O. The number of nitrogens with zero attached hydrogens (tertiary/aromatic N) is 1. The van der Waals surface area contributed by atoms with Crippen molar-refractivity contribution in [3.8, 4) is 11.5 Å². The van der Waals surface area contributed by atoms with Crippen LogP contribution in [0.15, 0.2) is 36.4 Å². The highest BCUT2D eigenvalue weighted by atomic mass is 16.6. The number of primary amides is 1. The summed E-state index contributed by atoms with van der Waals surface area (Å²) in [5.41, 5.74) is 4.91. The van der Waals surface area contributed by atoms with Gasteiger partial charge in [-0.25, -0.2) is 4.79 Å². The summed E-state index contributed by atoms with van der Waals surface area (Å²) in [6.07, 6.45) is 5.43. The third kappa shape index (κ3) is 10.7. The molecule has 47 heavy (non-hydrogen) atoms. The Morgan fingerprint density at radius 3 is 2.43 bits per heavy atom. The number of aromatic hydroxyl groups is 1. The van der Waals surface area contributed by atoms with Crippen molar-refractivity contribution in [1.82, 2.24) is 16.0 Å². The van der Waals surface area contributed by atoms with Crippen LogP contribution in [0.3, 0.4) is 0 Å². The Kier molecular flexibility index (Phi) is 13.5. The highest BCUT2D eigenvalue weighted by Gasteiger charge is 2.31.